The van der Waals surface area contributed by atoms with Crippen LogP contribution in [-0.4, -0.2) is 20.6 Å². The van der Waals surface area contributed by atoms with Gasteiger partial charge >= 0.3 is 0 Å². The molecule has 0 fully saturated rings. The lowest BCUT2D eigenvalue weighted by atomic mass is 10.1. The Balaban J connectivity index is 2.49. The molecule has 5 nitrogen and oxygen atoms in total. The van der Waals surface area contributed by atoms with Crippen molar-refractivity contribution in [2.24, 2.45) is 0 Å². The number of hydrogen-bond donors (Lipinski definition) is 2. The number of aryl methyl sites for hydroxylation is 1. The summed E-state index contributed by atoms with van der Waals surface area (Å²) in [5, 5.41) is 9.28. The van der Waals surface area contributed by atoms with Crippen LogP contribution in [0.2, 0.25) is 0 Å². The topological polar surface area (TPSA) is 83.6 Å². The molecule has 2 aromatic rings. The first-order chi connectivity index (χ1) is 9.73. The first-order valence-electron chi connectivity index (χ1n) is 6.38. The van der Waals surface area contributed by atoms with E-state index in [1.165, 1.54) is 37.4 Å². The monoisotopic (exact) mass is 306 g/mol. The van der Waals surface area contributed by atoms with Crippen LogP contribution in [-0.2, 0) is 10.0 Å². The summed E-state index contributed by atoms with van der Waals surface area (Å²) in [6, 6.07) is 9.04. The molecule has 0 aromatic heterocycles. The van der Waals surface area contributed by atoms with E-state index >= 15 is 0 Å². The number of phenols is 1. The van der Waals surface area contributed by atoms with Gasteiger partial charge < -0.3 is 10.8 Å². The predicted octanol–water partition coefficient (Wildman–Crippen LogP) is 2.42. The third-order valence-electron chi connectivity index (χ3n) is 3.55. The maximum atomic E-state index is 12.6. The first kappa shape index (κ1) is 15.2. The molecule has 0 aliphatic heterocycles. The molecule has 0 radical (unpaired) electrons. The number of nitrogens with two attached hydrogens (primary N) is 1. The van der Waals surface area contributed by atoms with E-state index in [4.69, 9.17) is 5.73 Å². The highest BCUT2D eigenvalue weighted by Gasteiger charge is 2.22. The Morgan fingerprint density at radius 2 is 1.67 bits per heavy atom. The van der Waals surface area contributed by atoms with Crippen LogP contribution >= 0.6 is 0 Å². The van der Waals surface area contributed by atoms with Crippen molar-refractivity contribution in [2.75, 3.05) is 17.1 Å². The molecule has 0 aliphatic rings. The summed E-state index contributed by atoms with van der Waals surface area (Å²) in [6.45, 7) is 3.68. The van der Waals surface area contributed by atoms with Crippen molar-refractivity contribution < 1.29 is 13.5 Å². The second-order valence-electron chi connectivity index (χ2n) is 4.94. The molecule has 0 heterocycles. The molecule has 0 aliphatic carbocycles. The van der Waals surface area contributed by atoms with Crippen molar-refractivity contribution in [1.82, 2.24) is 0 Å². The molecule has 2 rings (SSSR count). The number of benzene rings is 2. The van der Waals surface area contributed by atoms with Gasteiger partial charge in [0.15, 0.2) is 0 Å². The molecule has 21 heavy (non-hydrogen) atoms. The molecular weight excluding hydrogens is 288 g/mol. The maximum Gasteiger partial charge on any atom is 0.264 e. The molecule has 0 unspecified atom stereocenters. The van der Waals surface area contributed by atoms with Gasteiger partial charge in [-0.25, -0.2) is 8.42 Å². The Labute approximate surface area is 124 Å². The van der Waals surface area contributed by atoms with Crippen LogP contribution < -0.4 is 10.0 Å². The SMILES string of the molecule is Cc1cc(S(=O)(=O)N(C)c2ccc(O)cc2)cc(N)c1C. The number of aromatic hydroxyl groups is 1. The normalized spacial score (nSPS) is 11.4. The van der Waals surface area contributed by atoms with Crippen LogP contribution in [0.5, 0.6) is 5.75 Å². The van der Waals surface area contributed by atoms with Gasteiger partial charge in [-0.3, -0.25) is 4.31 Å². The van der Waals surface area contributed by atoms with Crippen molar-refractivity contribution in [3.63, 3.8) is 0 Å². The Hall–Kier alpha value is -2.21. The van der Waals surface area contributed by atoms with E-state index in [-0.39, 0.29) is 10.6 Å². The molecule has 0 spiro atoms. The van der Waals surface area contributed by atoms with Crippen molar-refractivity contribution in [2.45, 2.75) is 18.7 Å². The second kappa shape index (κ2) is 5.29. The zero-order valence-electron chi connectivity index (χ0n) is 12.2. The van der Waals surface area contributed by atoms with E-state index in [1.807, 2.05) is 13.8 Å². The number of rotatable bonds is 3. The van der Waals surface area contributed by atoms with Gasteiger partial charge in [0.2, 0.25) is 0 Å². The van der Waals surface area contributed by atoms with Gasteiger partial charge in [-0.2, -0.15) is 0 Å². The Morgan fingerprint density at radius 1 is 1.10 bits per heavy atom. The average Bonchev–Trinajstić information content (AvgIpc) is 2.44. The zero-order valence-corrected chi connectivity index (χ0v) is 13.0. The van der Waals surface area contributed by atoms with E-state index in [2.05, 4.69) is 0 Å². The second-order valence-corrected chi connectivity index (χ2v) is 6.91. The molecule has 112 valence electrons. The molecule has 6 heteroatoms. The van der Waals surface area contributed by atoms with Crippen LogP contribution in [0.4, 0.5) is 11.4 Å². The molecule has 0 saturated heterocycles. The van der Waals surface area contributed by atoms with E-state index in [0.29, 0.717) is 11.4 Å². The van der Waals surface area contributed by atoms with Crippen LogP contribution in [0.1, 0.15) is 11.1 Å². The quantitative estimate of drug-likeness (QED) is 0.853. The van der Waals surface area contributed by atoms with Crippen molar-refractivity contribution >= 4 is 21.4 Å². The van der Waals surface area contributed by atoms with Gasteiger partial charge in [-0.05, 0) is 61.4 Å². The fourth-order valence-electron chi connectivity index (χ4n) is 1.96. The van der Waals surface area contributed by atoms with E-state index in [1.54, 1.807) is 6.07 Å². The largest absolute Gasteiger partial charge is 0.508 e. The number of hydrogen-bond acceptors (Lipinski definition) is 4. The number of sulfonamides is 1. The van der Waals surface area contributed by atoms with Gasteiger partial charge in [0.1, 0.15) is 5.75 Å². The summed E-state index contributed by atoms with van der Waals surface area (Å²) in [5.74, 6) is 0.0833. The highest BCUT2D eigenvalue weighted by Crippen LogP contribution is 2.27. The third-order valence-corrected chi connectivity index (χ3v) is 5.32. The molecule has 0 amide bonds. The van der Waals surface area contributed by atoms with Gasteiger partial charge in [-0.1, -0.05) is 0 Å². The van der Waals surface area contributed by atoms with Gasteiger partial charge in [-0.15, -0.1) is 0 Å². The number of phenolic OH excluding ortho intramolecular Hbond substituents is 1. The number of anilines is 2. The van der Waals surface area contributed by atoms with E-state index in [9.17, 15) is 13.5 Å². The van der Waals surface area contributed by atoms with Crippen LogP contribution in [0.15, 0.2) is 41.3 Å². The van der Waals surface area contributed by atoms with Gasteiger partial charge in [0.25, 0.3) is 10.0 Å². The molecule has 0 atom stereocenters. The lowest BCUT2D eigenvalue weighted by molar-refractivity contribution is 0.475. The van der Waals surface area contributed by atoms with Crippen molar-refractivity contribution in [1.29, 1.82) is 0 Å². The van der Waals surface area contributed by atoms with E-state index < -0.39 is 10.0 Å². The molecule has 0 bridgehead atoms. The summed E-state index contributed by atoms with van der Waals surface area (Å²) < 4.78 is 26.4. The lowest BCUT2D eigenvalue weighted by Gasteiger charge is -2.20. The van der Waals surface area contributed by atoms with Crippen LogP contribution in [0.25, 0.3) is 0 Å². The highest BCUT2D eigenvalue weighted by molar-refractivity contribution is 7.92. The Bertz CT molecular complexity index is 745. The summed E-state index contributed by atoms with van der Waals surface area (Å²) in [4.78, 5) is 0.152. The van der Waals surface area contributed by atoms with E-state index in [0.717, 1.165) is 15.4 Å². The average molecular weight is 306 g/mol. The Morgan fingerprint density at radius 3 is 2.19 bits per heavy atom. The minimum atomic E-state index is -3.69. The van der Waals surface area contributed by atoms with Crippen LogP contribution in [0.3, 0.4) is 0 Å². The smallest absolute Gasteiger partial charge is 0.264 e. The molecule has 0 saturated carbocycles. The maximum absolute atomic E-state index is 12.6. The fraction of sp³-hybridized carbons (Fsp3) is 0.200. The van der Waals surface area contributed by atoms with Crippen molar-refractivity contribution in [3.8, 4) is 5.75 Å². The minimum absolute atomic E-state index is 0.0833. The van der Waals surface area contributed by atoms with Gasteiger partial charge in [0.05, 0.1) is 10.6 Å². The third kappa shape index (κ3) is 2.80. The fourth-order valence-corrected chi connectivity index (χ4v) is 3.28. The summed E-state index contributed by atoms with van der Waals surface area (Å²) in [5.41, 5.74) is 8.48. The summed E-state index contributed by atoms with van der Waals surface area (Å²) in [7, 11) is -2.23. The number of nitrogen functional groups attached to an aromatic ring is 1. The standard InChI is InChI=1S/C15H18N2O3S/c1-10-8-14(9-15(16)11(10)2)21(19,20)17(3)12-4-6-13(18)7-5-12/h4-9,18H,16H2,1-3H3. The predicted molar refractivity (Wildman–Crippen MR) is 84.0 cm³/mol. The summed E-state index contributed by atoms with van der Waals surface area (Å²) in [6.07, 6.45) is 0. The first-order valence-corrected chi connectivity index (χ1v) is 7.82. The molecule has 2 aromatic carbocycles. The molecular formula is C15H18N2O3S. The highest BCUT2D eigenvalue weighted by atomic mass is 32.2. The Kier molecular flexibility index (Phi) is 3.82. The van der Waals surface area contributed by atoms with Gasteiger partial charge in [0, 0.05) is 12.7 Å². The molecule has 3 N–H and O–H groups in total. The van der Waals surface area contributed by atoms with Crippen molar-refractivity contribution in [3.05, 3.63) is 47.5 Å². The van der Waals surface area contributed by atoms with Crippen LogP contribution in [0, 0.1) is 13.8 Å². The summed E-state index contributed by atoms with van der Waals surface area (Å²) >= 11 is 0. The lowest BCUT2D eigenvalue weighted by Crippen LogP contribution is -2.26. The number of nitrogens with zero attached hydrogens (tertiary/aromatic N) is 1. The zero-order chi connectivity index (χ0) is 15.8. The minimum Gasteiger partial charge on any atom is -0.508 e.